The number of amides is 2. The Morgan fingerprint density at radius 2 is 1.91 bits per heavy atom. The van der Waals surface area contributed by atoms with E-state index >= 15 is 0 Å². The van der Waals surface area contributed by atoms with Crippen LogP contribution in [0.25, 0.3) is 6.08 Å². The fourth-order valence-corrected chi connectivity index (χ4v) is 2.27. The smallest absolute Gasteiger partial charge is 0.244 e. The van der Waals surface area contributed by atoms with Gasteiger partial charge in [-0.3, -0.25) is 9.59 Å². The van der Waals surface area contributed by atoms with Crippen molar-refractivity contribution in [2.75, 3.05) is 14.2 Å². The van der Waals surface area contributed by atoms with Crippen molar-refractivity contribution in [3.63, 3.8) is 0 Å². The molecule has 0 aromatic heterocycles. The summed E-state index contributed by atoms with van der Waals surface area (Å²) >= 11 is 6.10. The molecule has 0 radical (unpaired) electrons. The minimum Gasteiger partial charge on any atom is -0.493 e. The highest BCUT2D eigenvalue weighted by Crippen LogP contribution is 2.36. The van der Waals surface area contributed by atoms with Gasteiger partial charge in [-0.2, -0.15) is 0 Å². The van der Waals surface area contributed by atoms with Gasteiger partial charge in [-0.15, -0.1) is 0 Å². The molecule has 3 N–H and O–H groups in total. The molecule has 6 nitrogen and oxygen atoms in total. The maximum Gasteiger partial charge on any atom is 0.244 e. The minimum atomic E-state index is -0.721. The van der Waals surface area contributed by atoms with E-state index in [1.165, 1.54) is 20.3 Å². The van der Waals surface area contributed by atoms with E-state index < -0.39 is 17.9 Å². The van der Waals surface area contributed by atoms with E-state index in [-0.39, 0.29) is 5.92 Å². The quantitative estimate of drug-likeness (QED) is 0.743. The van der Waals surface area contributed by atoms with Crippen LogP contribution in [0.15, 0.2) is 18.2 Å². The molecule has 1 aromatic rings. The van der Waals surface area contributed by atoms with Crippen LogP contribution < -0.4 is 20.5 Å². The van der Waals surface area contributed by atoms with Gasteiger partial charge >= 0.3 is 0 Å². The molecule has 0 fully saturated rings. The van der Waals surface area contributed by atoms with Crippen molar-refractivity contribution in [3.8, 4) is 11.5 Å². The van der Waals surface area contributed by atoms with Crippen LogP contribution in [-0.4, -0.2) is 32.1 Å². The van der Waals surface area contributed by atoms with E-state index in [9.17, 15) is 9.59 Å². The topological polar surface area (TPSA) is 90.6 Å². The van der Waals surface area contributed by atoms with E-state index in [0.29, 0.717) is 22.1 Å². The van der Waals surface area contributed by atoms with E-state index in [2.05, 4.69) is 5.32 Å². The van der Waals surface area contributed by atoms with Crippen molar-refractivity contribution in [2.24, 2.45) is 11.7 Å². The second kappa shape index (κ2) is 8.43. The number of hydrogen-bond donors (Lipinski definition) is 2. The Morgan fingerprint density at radius 1 is 1.26 bits per heavy atom. The summed E-state index contributed by atoms with van der Waals surface area (Å²) in [5.41, 5.74) is 5.91. The Labute approximate surface area is 140 Å². The molecule has 0 saturated heterocycles. The SMILES string of the molecule is COc1cc(/C=C/C(=O)NC(C(N)=O)C(C)C)cc(Cl)c1OC. The number of methoxy groups -OCH3 is 2. The summed E-state index contributed by atoms with van der Waals surface area (Å²) in [5, 5.41) is 2.93. The van der Waals surface area contributed by atoms with Gasteiger partial charge in [0.15, 0.2) is 11.5 Å². The molecule has 0 bridgehead atoms. The Balaban J connectivity index is 2.90. The van der Waals surface area contributed by atoms with Gasteiger partial charge in [0.1, 0.15) is 6.04 Å². The molecule has 7 heteroatoms. The number of nitrogens with two attached hydrogens (primary N) is 1. The van der Waals surface area contributed by atoms with Crippen LogP contribution >= 0.6 is 11.6 Å². The van der Waals surface area contributed by atoms with Crippen LogP contribution in [0.1, 0.15) is 19.4 Å². The third-order valence-corrected chi connectivity index (χ3v) is 3.43. The molecule has 126 valence electrons. The third-order valence-electron chi connectivity index (χ3n) is 3.15. The Hall–Kier alpha value is -2.21. The number of halogens is 1. The normalized spacial score (nSPS) is 12.3. The van der Waals surface area contributed by atoms with Gasteiger partial charge in [-0.05, 0) is 29.7 Å². The van der Waals surface area contributed by atoms with E-state index in [0.717, 1.165) is 0 Å². The number of benzene rings is 1. The summed E-state index contributed by atoms with van der Waals surface area (Å²) in [4.78, 5) is 23.2. The average molecular weight is 341 g/mol. The lowest BCUT2D eigenvalue weighted by Gasteiger charge is -2.17. The number of primary amides is 1. The highest BCUT2D eigenvalue weighted by molar-refractivity contribution is 6.32. The number of rotatable bonds is 7. The second-order valence-electron chi connectivity index (χ2n) is 5.20. The molecule has 0 aliphatic heterocycles. The molecule has 1 atom stereocenters. The van der Waals surface area contributed by atoms with Gasteiger partial charge < -0.3 is 20.5 Å². The van der Waals surface area contributed by atoms with Crippen LogP contribution in [0.5, 0.6) is 11.5 Å². The van der Waals surface area contributed by atoms with Crippen molar-refractivity contribution >= 4 is 29.5 Å². The van der Waals surface area contributed by atoms with Gasteiger partial charge in [0.25, 0.3) is 0 Å². The van der Waals surface area contributed by atoms with Gasteiger partial charge in [0.2, 0.25) is 11.8 Å². The van der Waals surface area contributed by atoms with E-state index in [1.54, 1.807) is 32.1 Å². The van der Waals surface area contributed by atoms with Crippen LogP contribution in [0, 0.1) is 5.92 Å². The van der Waals surface area contributed by atoms with Crippen molar-refractivity contribution < 1.29 is 19.1 Å². The summed E-state index contributed by atoms with van der Waals surface area (Å²) in [6.45, 7) is 3.60. The highest BCUT2D eigenvalue weighted by atomic mass is 35.5. The van der Waals surface area contributed by atoms with Crippen molar-refractivity contribution in [2.45, 2.75) is 19.9 Å². The summed E-state index contributed by atoms with van der Waals surface area (Å²) in [5.74, 6) is -0.216. The van der Waals surface area contributed by atoms with Crippen molar-refractivity contribution in [1.29, 1.82) is 0 Å². The highest BCUT2D eigenvalue weighted by Gasteiger charge is 2.20. The Bertz CT molecular complexity index is 614. The maximum absolute atomic E-state index is 11.9. The summed E-state index contributed by atoms with van der Waals surface area (Å²) in [6, 6.07) is 2.60. The Morgan fingerprint density at radius 3 is 2.39 bits per heavy atom. The molecule has 0 heterocycles. The van der Waals surface area contributed by atoms with E-state index in [1.807, 2.05) is 0 Å². The molecule has 1 aromatic carbocycles. The first-order valence-corrected chi connectivity index (χ1v) is 7.37. The molecule has 0 aliphatic rings. The summed E-state index contributed by atoms with van der Waals surface area (Å²) in [6.07, 6.45) is 2.86. The fraction of sp³-hybridized carbons (Fsp3) is 0.375. The molecule has 23 heavy (non-hydrogen) atoms. The maximum atomic E-state index is 11.9. The molecule has 1 rings (SSSR count). The average Bonchev–Trinajstić information content (AvgIpc) is 2.49. The number of carbonyl (C=O) groups excluding carboxylic acids is 2. The summed E-state index contributed by atoms with van der Waals surface area (Å²) in [7, 11) is 2.98. The molecule has 2 amide bonds. The van der Waals surface area contributed by atoms with Crippen molar-refractivity contribution in [1.82, 2.24) is 5.32 Å². The molecular formula is C16H21ClN2O4. The molecule has 0 saturated carbocycles. The number of nitrogens with one attached hydrogen (secondary N) is 1. The number of ether oxygens (including phenoxy) is 2. The van der Waals surface area contributed by atoms with Crippen LogP contribution in [-0.2, 0) is 9.59 Å². The largest absolute Gasteiger partial charge is 0.493 e. The number of carbonyl (C=O) groups is 2. The van der Waals surface area contributed by atoms with E-state index in [4.69, 9.17) is 26.8 Å². The standard InChI is InChI=1S/C16H21ClN2O4/c1-9(2)14(16(18)21)19-13(20)6-5-10-7-11(17)15(23-4)12(8-10)22-3/h5-9,14H,1-4H3,(H2,18,21)(H,19,20)/b6-5+. The minimum absolute atomic E-state index is 0.0969. The van der Waals surface area contributed by atoms with Gasteiger partial charge in [0, 0.05) is 6.08 Å². The first-order valence-electron chi connectivity index (χ1n) is 6.99. The lowest BCUT2D eigenvalue weighted by molar-refractivity contribution is -0.126. The predicted octanol–water partition coefficient (Wildman–Crippen LogP) is 2.00. The molecule has 0 spiro atoms. The zero-order valence-corrected chi connectivity index (χ0v) is 14.3. The Kier molecular flexibility index (Phi) is 6.90. The second-order valence-corrected chi connectivity index (χ2v) is 5.61. The number of hydrogen-bond acceptors (Lipinski definition) is 4. The van der Waals surface area contributed by atoms with Crippen LogP contribution in [0.4, 0.5) is 0 Å². The fourth-order valence-electron chi connectivity index (χ4n) is 1.97. The monoisotopic (exact) mass is 340 g/mol. The lowest BCUT2D eigenvalue weighted by Crippen LogP contribution is -2.47. The first kappa shape index (κ1) is 18.8. The van der Waals surface area contributed by atoms with Gasteiger partial charge in [0.05, 0.1) is 19.2 Å². The first-order chi connectivity index (χ1) is 10.8. The van der Waals surface area contributed by atoms with Crippen molar-refractivity contribution in [3.05, 3.63) is 28.8 Å². The molecular weight excluding hydrogens is 320 g/mol. The van der Waals surface area contributed by atoms with Gasteiger partial charge in [-0.1, -0.05) is 25.4 Å². The molecule has 1 unspecified atom stereocenters. The zero-order chi connectivity index (χ0) is 17.6. The summed E-state index contributed by atoms with van der Waals surface area (Å²) < 4.78 is 10.3. The van der Waals surface area contributed by atoms with Crippen LogP contribution in [0.3, 0.4) is 0 Å². The third kappa shape index (κ3) is 5.17. The van der Waals surface area contributed by atoms with Gasteiger partial charge in [-0.25, -0.2) is 0 Å². The van der Waals surface area contributed by atoms with Crippen LogP contribution in [0.2, 0.25) is 5.02 Å². The predicted molar refractivity (Wildman–Crippen MR) is 89.6 cm³/mol. The zero-order valence-electron chi connectivity index (χ0n) is 13.6. The lowest BCUT2D eigenvalue weighted by atomic mass is 10.0. The molecule has 0 aliphatic carbocycles.